The third-order valence-corrected chi connectivity index (χ3v) is 4.53. The molecule has 3 rings (SSSR count). The molecule has 2 aromatic heterocycles. The zero-order valence-electron chi connectivity index (χ0n) is 15.5. The number of rotatable bonds is 4. The number of nitrogens with one attached hydrogen (secondary N) is 1. The zero-order valence-corrected chi connectivity index (χ0v) is 17.0. The predicted octanol–water partition coefficient (Wildman–Crippen LogP) is 5.98. The van der Waals surface area contributed by atoms with Crippen molar-refractivity contribution in [3.8, 4) is 5.75 Å². The number of hydrogen-bond donors (Lipinski definition) is 1. The van der Waals surface area contributed by atoms with Crippen LogP contribution >= 0.6 is 23.2 Å². The molecule has 1 N–H and O–H groups in total. The topological polar surface area (TPSA) is 64.4 Å². The summed E-state index contributed by atoms with van der Waals surface area (Å²) < 4.78 is 11.4. The first-order valence-electron chi connectivity index (χ1n) is 8.39. The number of halogens is 2. The second-order valence-corrected chi connectivity index (χ2v) is 8.26. The number of fused-ring (bicyclic) bond motifs is 1. The standard InChI is InChI=1S/C20H20Cl2N2O3/c1-20(2,3)8-11-7-13-12(5-6-16(26-4)18(13)27-11)19(25)24-17-14(21)9-23-10-15(17)22/h5-7,9-10H,8H2,1-4H3,(H,23,24,25). The molecule has 0 aliphatic heterocycles. The lowest BCUT2D eigenvalue weighted by Crippen LogP contribution is -2.13. The molecule has 1 amide bonds. The number of ether oxygens (including phenoxy) is 1. The average Bonchev–Trinajstić information content (AvgIpc) is 2.98. The second kappa shape index (κ2) is 7.41. The van der Waals surface area contributed by atoms with Gasteiger partial charge in [-0.15, -0.1) is 0 Å². The predicted molar refractivity (Wildman–Crippen MR) is 108 cm³/mol. The molecule has 3 aromatic rings. The molecule has 5 nitrogen and oxygen atoms in total. The van der Waals surface area contributed by atoms with Gasteiger partial charge in [0.05, 0.1) is 28.4 Å². The molecule has 0 bridgehead atoms. The highest BCUT2D eigenvalue weighted by molar-refractivity contribution is 6.39. The first-order chi connectivity index (χ1) is 12.7. The molecule has 7 heteroatoms. The van der Waals surface area contributed by atoms with Crippen molar-refractivity contribution in [3.05, 3.63) is 52.0 Å². The van der Waals surface area contributed by atoms with Gasteiger partial charge in [0.15, 0.2) is 11.3 Å². The van der Waals surface area contributed by atoms with Gasteiger partial charge in [0.25, 0.3) is 5.91 Å². The number of carbonyl (C=O) groups excluding carboxylic acids is 1. The summed E-state index contributed by atoms with van der Waals surface area (Å²) in [6.07, 6.45) is 3.58. The Bertz CT molecular complexity index is 986. The molecule has 2 heterocycles. The van der Waals surface area contributed by atoms with Gasteiger partial charge in [0.1, 0.15) is 5.76 Å². The van der Waals surface area contributed by atoms with Crippen LogP contribution in [0.1, 0.15) is 36.9 Å². The molecule has 1 aromatic carbocycles. The molecular weight excluding hydrogens is 387 g/mol. The average molecular weight is 407 g/mol. The van der Waals surface area contributed by atoms with Gasteiger partial charge in [0.2, 0.25) is 0 Å². The fourth-order valence-corrected chi connectivity index (χ4v) is 3.29. The number of aromatic nitrogens is 1. The molecule has 0 radical (unpaired) electrons. The van der Waals surface area contributed by atoms with Crippen molar-refractivity contribution in [3.63, 3.8) is 0 Å². The molecule has 0 saturated carbocycles. The molecule has 0 saturated heterocycles. The number of benzene rings is 1. The zero-order chi connectivity index (χ0) is 19.8. The van der Waals surface area contributed by atoms with E-state index in [9.17, 15) is 4.79 Å². The number of nitrogens with zero attached hydrogens (tertiary/aromatic N) is 1. The Morgan fingerprint density at radius 2 is 1.89 bits per heavy atom. The van der Waals surface area contributed by atoms with Crippen LogP contribution in [0.5, 0.6) is 5.75 Å². The lowest BCUT2D eigenvalue weighted by atomic mass is 9.91. The molecule has 0 atom stereocenters. The van der Waals surface area contributed by atoms with Gasteiger partial charge in [-0.2, -0.15) is 0 Å². The maximum Gasteiger partial charge on any atom is 0.256 e. The van der Waals surface area contributed by atoms with Crippen LogP contribution in [0.2, 0.25) is 10.0 Å². The van der Waals surface area contributed by atoms with Crippen molar-refractivity contribution in [2.45, 2.75) is 27.2 Å². The van der Waals surface area contributed by atoms with Gasteiger partial charge in [-0.05, 0) is 23.6 Å². The van der Waals surface area contributed by atoms with Gasteiger partial charge < -0.3 is 14.5 Å². The number of amides is 1. The van der Waals surface area contributed by atoms with Crippen LogP contribution < -0.4 is 10.1 Å². The lowest BCUT2D eigenvalue weighted by molar-refractivity contribution is 0.102. The molecule has 142 valence electrons. The van der Waals surface area contributed by atoms with Gasteiger partial charge in [-0.25, -0.2) is 0 Å². The van der Waals surface area contributed by atoms with Crippen LogP contribution in [-0.2, 0) is 6.42 Å². The van der Waals surface area contributed by atoms with Crippen LogP contribution in [-0.4, -0.2) is 18.0 Å². The fraction of sp³-hybridized carbons (Fsp3) is 0.300. The molecule has 0 spiro atoms. The normalized spacial score (nSPS) is 11.6. The number of anilines is 1. The van der Waals surface area contributed by atoms with E-state index in [1.807, 2.05) is 6.07 Å². The van der Waals surface area contributed by atoms with Crippen LogP contribution in [0.25, 0.3) is 11.0 Å². The van der Waals surface area contributed by atoms with Crippen molar-refractivity contribution in [2.75, 3.05) is 12.4 Å². The first kappa shape index (κ1) is 19.5. The highest BCUT2D eigenvalue weighted by atomic mass is 35.5. The lowest BCUT2D eigenvalue weighted by Gasteiger charge is -2.15. The van der Waals surface area contributed by atoms with E-state index in [4.69, 9.17) is 32.4 Å². The summed E-state index contributed by atoms with van der Waals surface area (Å²) in [6.45, 7) is 6.37. The summed E-state index contributed by atoms with van der Waals surface area (Å²) in [5, 5.41) is 3.96. The number of hydrogen-bond acceptors (Lipinski definition) is 4. The SMILES string of the molecule is COc1ccc(C(=O)Nc2c(Cl)cncc2Cl)c2cc(CC(C)(C)C)oc12. The summed E-state index contributed by atoms with van der Waals surface area (Å²) >= 11 is 12.2. The smallest absolute Gasteiger partial charge is 0.256 e. The first-order valence-corrected chi connectivity index (χ1v) is 9.15. The van der Waals surface area contributed by atoms with Crippen molar-refractivity contribution >= 4 is 45.8 Å². The Morgan fingerprint density at radius 1 is 1.22 bits per heavy atom. The highest BCUT2D eigenvalue weighted by Crippen LogP contribution is 2.35. The van der Waals surface area contributed by atoms with E-state index in [1.165, 1.54) is 12.4 Å². The number of carbonyl (C=O) groups is 1. The molecule has 0 aliphatic rings. The van der Waals surface area contributed by atoms with Crippen LogP contribution in [0.15, 0.2) is 35.0 Å². The van der Waals surface area contributed by atoms with Crippen molar-refractivity contribution in [2.24, 2.45) is 5.41 Å². The highest BCUT2D eigenvalue weighted by Gasteiger charge is 2.21. The minimum absolute atomic E-state index is 0.0433. The van der Waals surface area contributed by atoms with Crippen molar-refractivity contribution in [1.82, 2.24) is 4.98 Å². The second-order valence-electron chi connectivity index (χ2n) is 7.44. The van der Waals surface area contributed by atoms with Crippen molar-refractivity contribution < 1.29 is 13.9 Å². The molecule has 0 fully saturated rings. The summed E-state index contributed by atoms with van der Waals surface area (Å²) in [7, 11) is 1.57. The fourth-order valence-electron chi connectivity index (χ4n) is 2.83. The molecular formula is C20H20Cl2N2O3. The Morgan fingerprint density at radius 3 is 2.48 bits per heavy atom. The maximum absolute atomic E-state index is 12.9. The number of furan rings is 1. The summed E-state index contributed by atoms with van der Waals surface area (Å²) in [4.78, 5) is 16.8. The monoisotopic (exact) mass is 406 g/mol. The summed E-state index contributed by atoms with van der Waals surface area (Å²) in [5.74, 6) is 1.01. The van der Waals surface area contributed by atoms with Gasteiger partial charge in [-0.1, -0.05) is 44.0 Å². The Labute approximate surface area is 167 Å². The Kier molecular flexibility index (Phi) is 5.36. The third kappa shape index (κ3) is 4.20. The number of methoxy groups -OCH3 is 1. The van der Waals surface area contributed by atoms with E-state index in [1.54, 1.807) is 19.2 Å². The summed E-state index contributed by atoms with van der Waals surface area (Å²) in [6, 6.07) is 5.28. The van der Waals surface area contributed by atoms with Crippen molar-refractivity contribution in [1.29, 1.82) is 0 Å². The minimum Gasteiger partial charge on any atom is -0.493 e. The van der Waals surface area contributed by atoms with E-state index < -0.39 is 0 Å². The van der Waals surface area contributed by atoms with Gasteiger partial charge >= 0.3 is 0 Å². The van der Waals surface area contributed by atoms with E-state index >= 15 is 0 Å². The van der Waals surface area contributed by atoms with E-state index in [2.05, 4.69) is 31.1 Å². The van der Waals surface area contributed by atoms with Crippen LogP contribution in [0, 0.1) is 5.41 Å². The van der Waals surface area contributed by atoms with Crippen LogP contribution in [0.4, 0.5) is 5.69 Å². The third-order valence-electron chi connectivity index (χ3n) is 3.96. The molecule has 27 heavy (non-hydrogen) atoms. The molecule has 0 unspecified atom stereocenters. The van der Waals surface area contributed by atoms with Gasteiger partial charge in [-0.3, -0.25) is 9.78 Å². The van der Waals surface area contributed by atoms with Crippen LogP contribution in [0.3, 0.4) is 0 Å². The molecule has 0 aliphatic carbocycles. The number of pyridine rings is 1. The minimum atomic E-state index is -0.347. The largest absolute Gasteiger partial charge is 0.493 e. The quantitative estimate of drug-likeness (QED) is 0.578. The van der Waals surface area contributed by atoms with E-state index in [-0.39, 0.29) is 21.4 Å². The maximum atomic E-state index is 12.9. The van der Waals surface area contributed by atoms with E-state index in [0.717, 1.165) is 12.2 Å². The Balaban J connectivity index is 2.04. The van der Waals surface area contributed by atoms with Gasteiger partial charge in [0, 0.05) is 24.2 Å². The summed E-state index contributed by atoms with van der Waals surface area (Å²) in [5.41, 5.74) is 1.34. The Hall–Kier alpha value is -2.24. The van der Waals surface area contributed by atoms with E-state index in [0.29, 0.717) is 28.0 Å².